The van der Waals surface area contributed by atoms with Crippen molar-refractivity contribution >= 4 is 5.78 Å². The molecule has 6 heteroatoms. The Morgan fingerprint density at radius 1 is 0.722 bits per heavy atom. The van der Waals surface area contributed by atoms with Crippen LogP contribution in [0, 0.1) is 0 Å². The molecule has 6 nitrogen and oxygen atoms in total. The number of ether oxygens (including phenoxy) is 3. The second-order valence-electron chi connectivity index (χ2n) is 10.2. The maximum absolute atomic E-state index is 13.7. The molecule has 1 aliphatic carbocycles. The number of nitrogens with one attached hydrogen (secondary N) is 2. The zero-order valence-electron chi connectivity index (χ0n) is 21.6. The van der Waals surface area contributed by atoms with Crippen molar-refractivity contribution in [2.24, 2.45) is 0 Å². The zero-order valence-corrected chi connectivity index (χ0v) is 21.6. The fraction of sp³-hybridized carbons (Fsp3) is 0.567. The standard InChI is InChI=1S/C30H40N2O4/c1-2-18-34-25-12-13-26(36-20-15-22-9-4-6-17-32-22)29-28(25)27-23(30(29)33)10-7-11-24(27)35-19-14-21-8-3-5-16-31-21/h7,10-13,21-22,31-32H,2-6,8-9,14-20H2,1H3. The molecular weight excluding hydrogens is 452 g/mol. The average molecular weight is 493 g/mol. The Hall–Kier alpha value is -2.57. The van der Waals surface area contributed by atoms with Crippen molar-refractivity contribution in [2.45, 2.75) is 76.8 Å². The summed E-state index contributed by atoms with van der Waals surface area (Å²) >= 11 is 0. The highest BCUT2D eigenvalue weighted by molar-refractivity contribution is 6.25. The van der Waals surface area contributed by atoms with Gasteiger partial charge < -0.3 is 24.8 Å². The molecule has 5 rings (SSSR count). The van der Waals surface area contributed by atoms with E-state index in [0.717, 1.165) is 55.0 Å². The largest absolute Gasteiger partial charge is 0.493 e. The number of hydrogen-bond acceptors (Lipinski definition) is 6. The number of benzene rings is 2. The van der Waals surface area contributed by atoms with Gasteiger partial charge in [-0.3, -0.25) is 4.79 Å². The van der Waals surface area contributed by atoms with Crippen LogP contribution in [0.2, 0.25) is 0 Å². The molecule has 3 aliphatic rings. The van der Waals surface area contributed by atoms with Gasteiger partial charge in [0.2, 0.25) is 0 Å². The van der Waals surface area contributed by atoms with E-state index in [-0.39, 0.29) is 5.78 Å². The maximum Gasteiger partial charge on any atom is 0.198 e. The minimum absolute atomic E-state index is 0.00728. The van der Waals surface area contributed by atoms with Crippen LogP contribution in [0.25, 0.3) is 11.1 Å². The van der Waals surface area contributed by atoms with Crippen LogP contribution >= 0.6 is 0 Å². The Morgan fingerprint density at radius 3 is 1.89 bits per heavy atom. The number of piperidine rings is 2. The molecule has 2 aliphatic heterocycles. The normalized spacial score (nSPS) is 21.1. The SMILES string of the molecule is CCCOc1ccc(OCCC2CCCCN2)c2c1-c1c(OCCC3CCCCN3)cccc1C2=O. The van der Waals surface area contributed by atoms with Crippen molar-refractivity contribution in [3.8, 4) is 28.4 Å². The summed E-state index contributed by atoms with van der Waals surface area (Å²) in [5.41, 5.74) is 2.95. The minimum Gasteiger partial charge on any atom is -0.493 e. The molecule has 0 bridgehead atoms. The molecule has 2 unspecified atom stereocenters. The number of hydrogen-bond donors (Lipinski definition) is 2. The van der Waals surface area contributed by atoms with Gasteiger partial charge in [0.25, 0.3) is 0 Å². The van der Waals surface area contributed by atoms with Crippen LogP contribution in [0.15, 0.2) is 30.3 Å². The summed E-state index contributed by atoms with van der Waals surface area (Å²) in [6.07, 6.45) is 10.2. The van der Waals surface area contributed by atoms with Crippen LogP contribution in [0.5, 0.6) is 17.2 Å². The number of rotatable bonds is 11. The Bertz CT molecular complexity index is 1040. The summed E-state index contributed by atoms with van der Waals surface area (Å²) < 4.78 is 18.7. The Morgan fingerprint density at radius 2 is 1.31 bits per heavy atom. The van der Waals surface area contributed by atoms with Crippen molar-refractivity contribution in [3.05, 3.63) is 41.5 Å². The molecule has 2 aromatic rings. The van der Waals surface area contributed by atoms with Gasteiger partial charge in [-0.15, -0.1) is 0 Å². The van der Waals surface area contributed by atoms with E-state index in [4.69, 9.17) is 14.2 Å². The van der Waals surface area contributed by atoms with Crippen LogP contribution in [0.1, 0.15) is 80.6 Å². The van der Waals surface area contributed by atoms with Crippen molar-refractivity contribution < 1.29 is 19.0 Å². The number of fused-ring (bicyclic) bond motifs is 3. The lowest BCUT2D eigenvalue weighted by Crippen LogP contribution is -2.35. The predicted octanol–water partition coefficient (Wildman–Crippen LogP) is 5.51. The highest BCUT2D eigenvalue weighted by Gasteiger charge is 2.35. The third-order valence-corrected chi connectivity index (χ3v) is 7.61. The molecule has 2 atom stereocenters. The second kappa shape index (κ2) is 12.1. The van der Waals surface area contributed by atoms with E-state index in [1.165, 1.54) is 38.5 Å². The van der Waals surface area contributed by atoms with Crippen molar-refractivity contribution in [1.29, 1.82) is 0 Å². The van der Waals surface area contributed by atoms with E-state index in [2.05, 4.69) is 17.6 Å². The summed E-state index contributed by atoms with van der Waals surface area (Å²) in [4.78, 5) is 13.7. The summed E-state index contributed by atoms with van der Waals surface area (Å²) in [6.45, 7) is 6.06. The lowest BCUT2D eigenvalue weighted by Gasteiger charge is -2.24. The molecule has 0 spiro atoms. The molecule has 36 heavy (non-hydrogen) atoms. The van der Waals surface area contributed by atoms with Crippen molar-refractivity contribution in [2.75, 3.05) is 32.9 Å². The van der Waals surface area contributed by atoms with Gasteiger partial charge in [0.15, 0.2) is 5.78 Å². The maximum atomic E-state index is 13.7. The Balaban J connectivity index is 1.38. The molecule has 0 radical (unpaired) electrons. The Kier molecular flexibility index (Phi) is 8.44. The van der Waals surface area contributed by atoms with E-state index in [9.17, 15) is 4.79 Å². The summed E-state index contributed by atoms with van der Waals surface area (Å²) in [7, 11) is 0. The topological polar surface area (TPSA) is 68.8 Å². The quantitative estimate of drug-likeness (QED) is 0.368. The van der Waals surface area contributed by atoms with Crippen LogP contribution in [0.4, 0.5) is 0 Å². The molecular formula is C30H40N2O4. The number of carbonyl (C=O) groups excluding carboxylic acids is 1. The zero-order chi connectivity index (χ0) is 24.7. The first-order chi connectivity index (χ1) is 17.8. The smallest absolute Gasteiger partial charge is 0.198 e. The lowest BCUT2D eigenvalue weighted by atomic mass is 10.0. The highest BCUT2D eigenvalue weighted by atomic mass is 16.5. The van der Waals surface area contributed by atoms with Gasteiger partial charge in [-0.25, -0.2) is 0 Å². The molecule has 2 aromatic carbocycles. The van der Waals surface area contributed by atoms with Gasteiger partial charge >= 0.3 is 0 Å². The lowest BCUT2D eigenvalue weighted by molar-refractivity contribution is 0.103. The molecule has 2 saturated heterocycles. The summed E-state index contributed by atoms with van der Waals surface area (Å²) in [6, 6.07) is 10.6. The third-order valence-electron chi connectivity index (χ3n) is 7.61. The van der Waals surface area contributed by atoms with Gasteiger partial charge in [0.1, 0.15) is 17.2 Å². The minimum atomic E-state index is -0.00728. The molecule has 0 saturated carbocycles. The van der Waals surface area contributed by atoms with E-state index in [1.54, 1.807) is 0 Å². The number of carbonyl (C=O) groups is 1. The van der Waals surface area contributed by atoms with E-state index in [0.29, 0.717) is 48.8 Å². The predicted molar refractivity (Wildman–Crippen MR) is 143 cm³/mol. The van der Waals surface area contributed by atoms with Gasteiger partial charge in [0.05, 0.1) is 25.4 Å². The van der Waals surface area contributed by atoms with Gasteiger partial charge in [0, 0.05) is 28.8 Å². The fourth-order valence-corrected chi connectivity index (χ4v) is 5.69. The molecule has 194 valence electrons. The average Bonchev–Trinajstić information content (AvgIpc) is 3.23. The molecule has 2 heterocycles. The molecule has 2 N–H and O–H groups in total. The summed E-state index contributed by atoms with van der Waals surface area (Å²) in [5.74, 6) is 2.11. The van der Waals surface area contributed by atoms with Crippen LogP contribution in [-0.2, 0) is 0 Å². The molecule has 0 amide bonds. The molecule has 0 aromatic heterocycles. The second-order valence-corrected chi connectivity index (χ2v) is 10.2. The van der Waals surface area contributed by atoms with Gasteiger partial charge in [-0.05, 0) is 76.2 Å². The van der Waals surface area contributed by atoms with Crippen LogP contribution < -0.4 is 24.8 Å². The van der Waals surface area contributed by atoms with E-state index in [1.807, 2.05) is 30.3 Å². The van der Waals surface area contributed by atoms with Crippen LogP contribution in [0.3, 0.4) is 0 Å². The van der Waals surface area contributed by atoms with E-state index >= 15 is 0 Å². The van der Waals surface area contributed by atoms with E-state index < -0.39 is 0 Å². The fourth-order valence-electron chi connectivity index (χ4n) is 5.69. The molecule has 2 fully saturated rings. The first-order valence-corrected chi connectivity index (χ1v) is 14.0. The summed E-state index contributed by atoms with van der Waals surface area (Å²) in [5, 5.41) is 7.16. The highest BCUT2D eigenvalue weighted by Crippen LogP contribution is 2.50. The first-order valence-electron chi connectivity index (χ1n) is 14.0. The Labute approximate surface area is 215 Å². The first kappa shape index (κ1) is 25.1. The third kappa shape index (κ3) is 5.55. The van der Waals surface area contributed by atoms with Crippen LogP contribution in [-0.4, -0.2) is 50.8 Å². The number of ketones is 1. The monoisotopic (exact) mass is 492 g/mol. The van der Waals surface area contributed by atoms with Crippen molar-refractivity contribution in [3.63, 3.8) is 0 Å². The van der Waals surface area contributed by atoms with Gasteiger partial charge in [-0.2, -0.15) is 0 Å². The van der Waals surface area contributed by atoms with Crippen molar-refractivity contribution in [1.82, 2.24) is 10.6 Å². The van der Waals surface area contributed by atoms with Gasteiger partial charge in [-0.1, -0.05) is 31.9 Å².